The summed E-state index contributed by atoms with van der Waals surface area (Å²) in [5.74, 6) is 1.44. The Balaban J connectivity index is 1.83. The van der Waals surface area contributed by atoms with Crippen molar-refractivity contribution in [2.45, 2.75) is 53.0 Å². The van der Waals surface area contributed by atoms with E-state index in [4.69, 9.17) is 10.1 Å². The topological polar surface area (TPSA) is 80.9 Å². The zero-order chi connectivity index (χ0) is 20.8. The molecule has 0 saturated heterocycles. The first-order valence-corrected chi connectivity index (χ1v) is 10.2. The minimum Gasteiger partial charge on any atom is -0.476 e. The molecular formula is C23H28N4O2. The van der Waals surface area contributed by atoms with E-state index in [-0.39, 0.29) is 5.69 Å². The van der Waals surface area contributed by atoms with Gasteiger partial charge in [0, 0.05) is 24.6 Å². The number of carbonyl (C=O) groups is 1. The van der Waals surface area contributed by atoms with Gasteiger partial charge in [0.15, 0.2) is 11.5 Å². The number of nitrogens with zero attached hydrogens (tertiary/aromatic N) is 4. The largest absolute Gasteiger partial charge is 0.476 e. The fourth-order valence-corrected chi connectivity index (χ4v) is 3.30. The normalized spacial score (nSPS) is 11.2. The maximum Gasteiger partial charge on any atom is 0.355 e. The fraction of sp³-hybridized carbons (Fsp3) is 0.391. The van der Waals surface area contributed by atoms with E-state index >= 15 is 0 Å². The lowest BCUT2D eigenvalue weighted by Crippen LogP contribution is -2.07. The molecular weight excluding hydrogens is 364 g/mol. The van der Waals surface area contributed by atoms with E-state index in [0.717, 1.165) is 48.5 Å². The molecule has 0 atom stereocenters. The molecule has 0 unspecified atom stereocenters. The van der Waals surface area contributed by atoms with E-state index in [1.54, 1.807) is 12.1 Å². The van der Waals surface area contributed by atoms with E-state index in [2.05, 4.69) is 25.8 Å². The molecule has 3 rings (SSSR count). The van der Waals surface area contributed by atoms with Crippen LogP contribution in [-0.4, -0.2) is 30.8 Å². The predicted octanol–water partition coefficient (Wildman–Crippen LogP) is 4.63. The summed E-state index contributed by atoms with van der Waals surface area (Å²) in [5.41, 5.74) is 2.63. The monoisotopic (exact) mass is 392 g/mol. The molecule has 3 aromatic rings. The van der Waals surface area contributed by atoms with Gasteiger partial charge in [-0.05, 0) is 29.5 Å². The first-order chi connectivity index (χ1) is 14.0. The summed E-state index contributed by atoms with van der Waals surface area (Å²) in [4.78, 5) is 20.2. The van der Waals surface area contributed by atoms with Gasteiger partial charge < -0.3 is 5.11 Å². The number of carboxylic acids is 1. The van der Waals surface area contributed by atoms with Crippen LogP contribution in [0.3, 0.4) is 0 Å². The van der Waals surface area contributed by atoms with Crippen LogP contribution in [0, 0.1) is 5.92 Å². The van der Waals surface area contributed by atoms with Gasteiger partial charge in [-0.1, -0.05) is 57.5 Å². The first-order valence-electron chi connectivity index (χ1n) is 10.2. The molecule has 152 valence electrons. The van der Waals surface area contributed by atoms with Crippen LogP contribution in [0.5, 0.6) is 0 Å². The van der Waals surface area contributed by atoms with Crippen molar-refractivity contribution >= 4 is 5.97 Å². The highest BCUT2D eigenvalue weighted by atomic mass is 16.4. The highest BCUT2D eigenvalue weighted by Crippen LogP contribution is 2.23. The highest BCUT2D eigenvalue weighted by molar-refractivity contribution is 5.93. The van der Waals surface area contributed by atoms with Crippen molar-refractivity contribution in [3.05, 3.63) is 65.5 Å². The summed E-state index contributed by atoms with van der Waals surface area (Å²) in [6.07, 6.45) is 5.52. The second-order valence-electron chi connectivity index (χ2n) is 7.71. The van der Waals surface area contributed by atoms with Gasteiger partial charge >= 0.3 is 5.97 Å². The molecule has 0 radical (unpaired) electrons. The van der Waals surface area contributed by atoms with Gasteiger partial charge in [0.2, 0.25) is 0 Å². The van der Waals surface area contributed by atoms with E-state index in [9.17, 15) is 9.90 Å². The van der Waals surface area contributed by atoms with Crippen molar-refractivity contribution in [3.8, 4) is 11.1 Å². The standard InChI is InChI=1S/C23H28N4O2/c1-4-5-8-21-25-20(14-16(2)3)26-27(21)15-17-9-11-18(12-10-17)19-7-6-13-24-22(19)23(28)29/h6-7,9-13,16H,4-5,8,14-15H2,1-3H3,(H,28,29). The average molecular weight is 393 g/mol. The van der Waals surface area contributed by atoms with Gasteiger partial charge in [0.25, 0.3) is 0 Å². The summed E-state index contributed by atoms with van der Waals surface area (Å²) < 4.78 is 2.01. The van der Waals surface area contributed by atoms with Gasteiger partial charge in [-0.15, -0.1) is 0 Å². The number of aromatic carboxylic acids is 1. The number of hydrogen-bond donors (Lipinski definition) is 1. The third-order valence-corrected chi connectivity index (χ3v) is 4.74. The average Bonchev–Trinajstić information content (AvgIpc) is 3.07. The smallest absolute Gasteiger partial charge is 0.355 e. The highest BCUT2D eigenvalue weighted by Gasteiger charge is 2.14. The summed E-state index contributed by atoms with van der Waals surface area (Å²) >= 11 is 0. The van der Waals surface area contributed by atoms with Crippen molar-refractivity contribution in [2.75, 3.05) is 0 Å². The second-order valence-corrected chi connectivity index (χ2v) is 7.71. The summed E-state index contributed by atoms with van der Waals surface area (Å²) in [7, 11) is 0. The third kappa shape index (κ3) is 5.28. The van der Waals surface area contributed by atoms with Crippen molar-refractivity contribution in [1.82, 2.24) is 19.7 Å². The maximum absolute atomic E-state index is 11.4. The zero-order valence-corrected chi connectivity index (χ0v) is 17.3. The first kappa shape index (κ1) is 20.7. The van der Waals surface area contributed by atoms with Gasteiger partial charge in [-0.25, -0.2) is 19.4 Å². The van der Waals surface area contributed by atoms with Crippen molar-refractivity contribution in [3.63, 3.8) is 0 Å². The number of aryl methyl sites for hydroxylation is 1. The van der Waals surface area contributed by atoms with E-state index in [1.165, 1.54) is 6.20 Å². The van der Waals surface area contributed by atoms with Gasteiger partial charge in [-0.3, -0.25) is 0 Å². The summed E-state index contributed by atoms with van der Waals surface area (Å²) in [5, 5.41) is 14.1. The molecule has 29 heavy (non-hydrogen) atoms. The molecule has 1 N–H and O–H groups in total. The number of unbranched alkanes of at least 4 members (excludes halogenated alkanes) is 1. The van der Waals surface area contributed by atoms with E-state index in [0.29, 0.717) is 18.0 Å². The Labute approximate surface area is 171 Å². The Morgan fingerprint density at radius 3 is 2.59 bits per heavy atom. The van der Waals surface area contributed by atoms with Gasteiger partial charge in [0.05, 0.1) is 6.54 Å². The predicted molar refractivity (Wildman–Crippen MR) is 113 cm³/mol. The molecule has 6 nitrogen and oxygen atoms in total. The Kier molecular flexibility index (Phi) is 6.75. The van der Waals surface area contributed by atoms with Crippen LogP contribution in [-0.2, 0) is 19.4 Å². The number of rotatable bonds is 9. The molecule has 6 heteroatoms. The molecule has 0 amide bonds. The number of hydrogen-bond acceptors (Lipinski definition) is 4. The fourth-order valence-electron chi connectivity index (χ4n) is 3.30. The minimum absolute atomic E-state index is 0.0664. The zero-order valence-electron chi connectivity index (χ0n) is 17.3. The van der Waals surface area contributed by atoms with E-state index < -0.39 is 5.97 Å². The molecule has 2 heterocycles. The lowest BCUT2D eigenvalue weighted by molar-refractivity contribution is 0.0691. The third-order valence-electron chi connectivity index (χ3n) is 4.74. The molecule has 0 aliphatic rings. The van der Waals surface area contributed by atoms with Crippen LogP contribution in [0.4, 0.5) is 0 Å². The molecule has 0 aliphatic carbocycles. The molecule has 2 aromatic heterocycles. The molecule has 0 aliphatic heterocycles. The van der Waals surface area contributed by atoms with Crippen molar-refractivity contribution < 1.29 is 9.90 Å². The minimum atomic E-state index is -1.02. The summed E-state index contributed by atoms with van der Waals surface area (Å²) in [6.45, 7) is 7.19. The molecule has 0 bridgehead atoms. The lowest BCUT2D eigenvalue weighted by atomic mass is 10.0. The number of aromatic nitrogens is 4. The Bertz CT molecular complexity index is 961. The number of pyridine rings is 1. The van der Waals surface area contributed by atoms with Gasteiger partial charge in [-0.2, -0.15) is 5.10 Å². The number of benzene rings is 1. The molecule has 1 aromatic carbocycles. The number of carboxylic acid groups (broad SMARTS) is 1. The van der Waals surface area contributed by atoms with E-state index in [1.807, 2.05) is 28.9 Å². The van der Waals surface area contributed by atoms with Crippen LogP contribution in [0.25, 0.3) is 11.1 Å². The van der Waals surface area contributed by atoms with Gasteiger partial charge in [0.1, 0.15) is 5.82 Å². The van der Waals surface area contributed by atoms with Crippen LogP contribution >= 0.6 is 0 Å². The Morgan fingerprint density at radius 2 is 1.93 bits per heavy atom. The Hall–Kier alpha value is -3.02. The lowest BCUT2D eigenvalue weighted by Gasteiger charge is -2.08. The van der Waals surface area contributed by atoms with Crippen LogP contribution < -0.4 is 0 Å². The quantitative estimate of drug-likeness (QED) is 0.574. The van der Waals surface area contributed by atoms with Crippen LogP contribution in [0.15, 0.2) is 42.6 Å². The van der Waals surface area contributed by atoms with Crippen LogP contribution in [0.2, 0.25) is 0 Å². The Morgan fingerprint density at radius 1 is 1.17 bits per heavy atom. The van der Waals surface area contributed by atoms with Crippen molar-refractivity contribution in [2.24, 2.45) is 5.92 Å². The van der Waals surface area contributed by atoms with Crippen molar-refractivity contribution in [1.29, 1.82) is 0 Å². The molecule has 0 saturated carbocycles. The molecule has 0 spiro atoms. The SMILES string of the molecule is CCCCc1nc(CC(C)C)nn1Cc1ccc(-c2cccnc2C(=O)O)cc1. The van der Waals surface area contributed by atoms with Crippen LogP contribution in [0.1, 0.15) is 61.3 Å². The maximum atomic E-state index is 11.4. The second kappa shape index (κ2) is 9.45. The summed E-state index contributed by atoms with van der Waals surface area (Å²) in [6, 6.07) is 11.4. The molecule has 0 fully saturated rings.